The van der Waals surface area contributed by atoms with Gasteiger partial charge in [0.05, 0.1) is 18.4 Å². The summed E-state index contributed by atoms with van der Waals surface area (Å²) in [5.74, 6) is -2.17. The number of amides is 3. The van der Waals surface area contributed by atoms with Gasteiger partial charge in [0.1, 0.15) is 0 Å². The quantitative estimate of drug-likeness (QED) is 0.435. The number of hydrogen-bond donors (Lipinski definition) is 4. The third-order valence-corrected chi connectivity index (χ3v) is 5.34. The van der Waals surface area contributed by atoms with E-state index in [1.165, 1.54) is 11.2 Å². The molecule has 0 saturated carbocycles. The molecule has 10 nitrogen and oxygen atoms in total. The van der Waals surface area contributed by atoms with Crippen LogP contribution in [-0.2, 0) is 25.6 Å². The van der Waals surface area contributed by atoms with Gasteiger partial charge in [-0.3, -0.25) is 19.2 Å². The SMILES string of the molecule is NC(=O)[C@@]1(C(=O)[C@@H]2CCC(=O)N2)CCCCN1C(=O)[C@@H](N)Cc1cnc[nH]1. The third-order valence-electron chi connectivity index (χ3n) is 5.34. The average Bonchev–Trinajstić information content (AvgIpc) is 3.31. The maximum atomic E-state index is 13.2. The van der Waals surface area contributed by atoms with E-state index in [1.807, 2.05) is 0 Å². The minimum Gasteiger partial charge on any atom is -0.367 e. The second-order valence-corrected chi connectivity index (χ2v) is 7.08. The zero-order valence-corrected chi connectivity index (χ0v) is 14.9. The Labute approximate surface area is 156 Å². The van der Waals surface area contributed by atoms with Crippen LogP contribution in [0.3, 0.4) is 0 Å². The molecule has 146 valence electrons. The van der Waals surface area contributed by atoms with Crippen molar-refractivity contribution < 1.29 is 19.2 Å². The van der Waals surface area contributed by atoms with Crippen molar-refractivity contribution in [3.63, 3.8) is 0 Å². The Morgan fingerprint density at radius 3 is 2.74 bits per heavy atom. The summed E-state index contributed by atoms with van der Waals surface area (Å²) in [6.07, 6.45) is 5.08. The van der Waals surface area contributed by atoms with E-state index in [4.69, 9.17) is 11.5 Å². The molecule has 2 saturated heterocycles. The predicted molar refractivity (Wildman–Crippen MR) is 93.9 cm³/mol. The molecule has 0 aliphatic carbocycles. The number of nitrogens with two attached hydrogens (primary N) is 2. The van der Waals surface area contributed by atoms with Gasteiger partial charge in [-0.25, -0.2) is 4.98 Å². The molecule has 2 aliphatic rings. The molecule has 0 spiro atoms. The molecule has 10 heteroatoms. The summed E-state index contributed by atoms with van der Waals surface area (Å²) in [4.78, 5) is 58.2. The van der Waals surface area contributed by atoms with Crippen molar-refractivity contribution in [3.05, 3.63) is 18.2 Å². The first-order chi connectivity index (χ1) is 12.9. The van der Waals surface area contributed by atoms with Crippen LogP contribution in [0.15, 0.2) is 12.5 Å². The lowest BCUT2D eigenvalue weighted by atomic mass is 9.78. The van der Waals surface area contributed by atoms with Gasteiger partial charge in [0, 0.05) is 31.3 Å². The van der Waals surface area contributed by atoms with Crippen LogP contribution < -0.4 is 16.8 Å². The van der Waals surface area contributed by atoms with Crippen LogP contribution in [0, 0.1) is 0 Å². The van der Waals surface area contributed by atoms with Crippen molar-refractivity contribution in [2.75, 3.05) is 6.54 Å². The van der Waals surface area contributed by atoms with Gasteiger partial charge in [0.15, 0.2) is 11.3 Å². The number of Topliss-reactive ketones (excluding diaryl/α,β-unsaturated/α-hetero) is 1. The van der Waals surface area contributed by atoms with E-state index in [0.29, 0.717) is 18.5 Å². The van der Waals surface area contributed by atoms with E-state index in [0.717, 1.165) is 0 Å². The van der Waals surface area contributed by atoms with Crippen molar-refractivity contribution in [3.8, 4) is 0 Å². The van der Waals surface area contributed by atoms with Crippen molar-refractivity contribution >= 4 is 23.5 Å². The minimum absolute atomic E-state index is 0.135. The number of nitrogens with one attached hydrogen (secondary N) is 2. The zero-order valence-electron chi connectivity index (χ0n) is 14.9. The summed E-state index contributed by atoms with van der Waals surface area (Å²) in [6.45, 7) is 0.213. The smallest absolute Gasteiger partial charge is 0.251 e. The van der Waals surface area contributed by atoms with Crippen LogP contribution in [0.2, 0.25) is 0 Å². The number of primary amides is 1. The van der Waals surface area contributed by atoms with Gasteiger partial charge in [0.25, 0.3) is 5.91 Å². The first kappa shape index (κ1) is 19.0. The van der Waals surface area contributed by atoms with Crippen LogP contribution in [0.1, 0.15) is 37.8 Å². The molecule has 6 N–H and O–H groups in total. The van der Waals surface area contributed by atoms with Crippen molar-refractivity contribution in [2.24, 2.45) is 11.5 Å². The molecular weight excluding hydrogens is 352 g/mol. The van der Waals surface area contributed by atoms with Crippen LogP contribution in [0.25, 0.3) is 0 Å². The number of ketones is 1. The fraction of sp³-hybridized carbons (Fsp3) is 0.588. The molecule has 0 unspecified atom stereocenters. The lowest BCUT2D eigenvalue weighted by Gasteiger charge is -2.45. The fourth-order valence-electron chi connectivity index (χ4n) is 3.93. The summed E-state index contributed by atoms with van der Waals surface area (Å²) in [5, 5.41) is 2.58. The number of aromatic amines is 1. The monoisotopic (exact) mass is 376 g/mol. The maximum absolute atomic E-state index is 13.2. The molecule has 27 heavy (non-hydrogen) atoms. The third kappa shape index (κ3) is 3.44. The Balaban J connectivity index is 1.88. The number of H-pyrrole nitrogens is 1. The number of aromatic nitrogens is 2. The molecule has 3 rings (SSSR count). The van der Waals surface area contributed by atoms with Gasteiger partial charge in [0.2, 0.25) is 11.8 Å². The number of rotatable bonds is 6. The van der Waals surface area contributed by atoms with Crippen LogP contribution >= 0.6 is 0 Å². The van der Waals surface area contributed by atoms with Crippen molar-refractivity contribution in [1.29, 1.82) is 0 Å². The van der Waals surface area contributed by atoms with Gasteiger partial charge in [-0.1, -0.05) is 0 Å². The Kier molecular flexibility index (Phi) is 5.26. The Morgan fingerprint density at radius 1 is 1.37 bits per heavy atom. The van der Waals surface area contributed by atoms with Gasteiger partial charge in [-0.15, -0.1) is 0 Å². The normalized spacial score (nSPS) is 26.5. The summed E-state index contributed by atoms with van der Waals surface area (Å²) in [6, 6.07) is -1.77. The van der Waals surface area contributed by atoms with E-state index in [-0.39, 0.29) is 38.1 Å². The highest BCUT2D eigenvalue weighted by atomic mass is 16.2. The second-order valence-electron chi connectivity index (χ2n) is 7.08. The molecule has 0 bridgehead atoms. The van der Waals surface area contributed by atoms with Gasteiger partial charge < -0.3 is 26.7 Å². The molecule has 2 fully saturated rings. The van der Waals surface area contributed by atoms with E-state index in [2.05, 4.69) is 15.3 Å². The van der Waals surface area contributed by atoms with Gasteiger partial charge in [-0.2, -0.15) is 0 Å². The van der Waals surface area contributed by atoms with Gasteiger partial charge in [-0.05, 0) is 25.7 Å². The molecule has 1 aromatic heterocycles. The Morgan fingerprint density at radius 2 is 2.15 bits per heavy atom. The largest absolute Gasteiger partial charge is 0.367 e. The predicted octanol–water partition coefficient (Wildman–Crippen LogP) is -1.64. The highest BCUT2D eigenvalue weighted by Crippen LogP contribution is 2.32. The lowest BCUT2D eigenvalue weighted by molar-refractivity contribution is -0.158. The van der Waals surface area contributed by atoms with Crippen molar-refractivity contribution in [2.45, 2.75) is 56.1 Å². The average molecular weight is 376 g/mol. The van der Waals surface area contributed by atoms with Crippen molar-refractivity contribution in [1.82, 2.24) is 20.2 Å². The number of carbonyl (C=O) groups excluding carboxylic acids is 4. The van der Waals surface area contributed by atoms with E-state index in [9.17, 15) is 19.2 Å². The highest BCUT2D eigenvalue weighted by Gasteiger charge is 2.55. The van der Waals surface area contributed by atoms with E-state index >= 15 is 0 Å². The first-order valence-corrected chi connectivity index (χ1v) is 9.04. The molecule has 3 amide bonds. The molecule has 1 aromatic rings. The number of hydrogen-bond acceptors (Lipinski definition) is 6. The van der Waals surface area contributed by atoms with Crippen LogP contribution in [0.4, 0.5) is 0 Å². The molecule has 3 heterocycles. The number of likely N-dealkylation sites (tertiary alicyclic amines) is 1. The Hall–Kier alpha value is -2.75. The lowest BCUT2D eigenvalue weighted by Crippen LogP contribution is -2.70. The Bertz CT molecular complexity index is 749. The van der Waals surface area contributed by atoms with Crippen LogP contribution in [0.5, 0.6) is 0 Å². The number of piperidine rings is 1. The molecule has 0 radical (unpaired) electrons. The molecule has 3 atom stereocenters. The van der Waals surface area contributed by atoms with E-state index in [1.54, 1.807) is 6.20 Å². The topological polar surface area (TPSA) is 164 Å². The first-order valence-electron chi connectivity index (χ1n) is 9.04. The van der Waals surface area contributed by atoms with E-state index < -0.39 is 35.2 Å². The van der Waals surface area contributed by atoms with Gasteiger partial charge >= 0.3 is 0 Å². The number of nitrogens with zero attached hydrogens (tertiary/aromatic N) is 2. The maximum Gasteiger partial charge on any atom is 0.251 e. The summed E-state index contributed by atoms with van der Waals surface area (Å²) < 4.78 is 0. The number of carbonyl (C=O) groups is 4. The summed E-state index contributed by atoms with van der Waals surface area (Å²) in [5.41, 5.74) is 10.6. The minimum atomic E-state index is -1.77. The fourth-order valence-corrected chi connectivity index (χ4v) is 3.93. The number of imidazole rings is 1. The second kappa shape index (κ2) is 7.47. The summed E-state index contributed by atoms with van der Waals surface area (Å²) >= 11 is 0. The van der Waals surface area contributed by atoms with Crippen LogP contribution in [-0.4, -0.2) is 62.5 Å². The molecule has 2 aliphatic heterocycles. The summed E-state index contributed by atoms with van der Waals surface area (Å²) in [7, 11) is 0. The standard InChI is InChI=1S/C17H24N6O4/c18-11(7-10-8-20-9-21-10)15(26)23-6-2-1-5-17(23,16(19)27)14(25)12-3-4-13(24)22-12/h8-9,11-12H,1-7,18H2,(H2,19,27)(H,20,21)(H,22,24)/t11-,12-,17-/m0/s1. The molecule has 0 aromatic carbocycles. The molecular formula is C17H24N6O4. The highest BCUT2D eigenvalue weighted by molar-refractivity contribution is 6.15. The zero-order chi connectivity index (χ0) is 19.6.